The van der Waals surface area contributed by atoms with E-state index in [0.717, 1.165) is 23.1 Å². The SMILES string of the molecule is CC1C=C(NC(=O)c2cnn3c2NC(=C2CC2)C=C3C(F)F)C=NC1. The van der Waals surface area contributed by atoms with E-state index in [1.54, 1.807) is 6.21 Å². The van der Waals surface area contributed by atoms with Crippen LogP contribution in [0.5, 0.6) is 0 Å². The molecule has 4 rings (SSSR count). The molecule has 1 aliphatic carbocycles. The van der Waals surface area contributed by atoms with Gasteiger partial charge in [-0.25, -0.2) is 13.5 Å². The maximum Gasteiger partial charge on any atom is 0.280 e. The summed E-state index contributed by atoms with van der Waals surface area (Å²) < 4.78 is 27.8. The molecule has 0 aromatic carbocycles. The number of fused-ring (bicyclic) bond motifs is 1. The first kappa shape index (κ1) is 15.7. The molecular formula is C17H17F2N5O. The molecule has 1 unspecified atom stereocenters. The van der Waals surface area contributed by atoms with Crippen LogP contribution in [0.15, 0.2) is 40.3 Å². The second-order valence-electron chi connectivity index (χ2n) is 6.38. The zero-order chi connectivity index (χ0) is 17.6. The lowest BCUT2D eigenvalue weighted by Crippen LogP contribution is -2.27. The summed E-state index contributed by atoms with van der Waals surface area (Å²) in [6, 6.07) is 0. The van der Waals surface area contributed by atoms with Gasteiger partial charge in [-0.3, -0.25) is 9.79 Å². The van der Waals surface area contributed by atoms with Crippen LogP contribution in [0.25, 0.3) is 5.70 Å². The predicted molar refractivity (Wildman–Crippen MR) is 90.5 cm³/mol. The van der Waals surface area contributed by atoms with Crippen molar-refractivity contribution in [3.05, 3.63) is 40.9 Å². The zero-order valence-electron chi connectivity index (χ0n) is 13.6. The number of halogens is 2. The monoisotopic (exact) mass is 345 g/mol. The Morgan fingerprint density at radius 2 is 2.24 bits per heavy atom. The fourth-order valence-electron chi connectivity index (χ4n) is 2.87. The average molecular weight is 345 g/mol. The molecule has 0 bridgehead atoms. The van der Waals surface area contributed by atoms with Crippen molar-refractivity contribution in [1.82, 2.24) is 15.1 Å². The van der Waals surface area contributed by atoms with E-state index in [9.17, 15) is 13.6 Å². The van der Waals surface area contributed by atoms with Crippen molar-refractivity contribution in [1.29, 1.82) is 0 Å². The fraction of sp³-hybridized carbons (Fsp3) is 0.353. The van der Waals surface area contributed by atoms with Crippen LogP contribution < -0.4 is 10.6 Å². The summed E-state index contributed by atoms with van der Waals surface area (Å²) in [5, 5.41) is 9.81. The van der Waals surface area contributed by atoms with Crippen LogP contribution in [0, 0.1) is 5.92 Å². The molecule has 1 amide bonds. The summed E-state index contributed by atoms with van der Waals surface area (Å²) in [5.41, 5.74) is 2.31. The van der Waals surface area contributed by atoms with E-state index in [-0.39, 0.29) is 23.0 Å². The second-order valence-corrected chi connectivity index (χ2v) is 6.38. The van der Waals surface area contributed by atoms with Crippen LogP contribution >= 0.6 is 0 Å². The fourth-order valence-corrected chi connectivity index (χ4v) is 2.87. The van der Waals surface area contributed by atoms with Crippen LogP contribution in [-0.4, -0.2) is 34.9 Å². The number of alkyl halides is 2. The predicted octanol–water partition coefficient (Wildman–Crippen LogP) is 2.80. The zero-order valence-corrected chi connectivity index (χ0v) is 13.6. The molecule has 1 saturated carbocycles. The number of dihydropyridines is 1. The van der Waals surface area contributed by atoms with Gasteiger partial charge in [-0.05, 0) is 30.4 Å². The van der Waals surface area contributed by atoms with Crippen LogP contribution in [0.2, 0.25) is 0 Å². The van der Waals surface area contributed by atoms with Gasteiger partial charge >= 0.3 is 0 Å². The summed E-state index contributed by atoms with van der Waals surface area (Å²) in [4.78, 5) is 16.8. The Hall–Kier alpha value is -2.77. The molecule has 1 aromatic rings. The summed E-state index contributed by atoms with van der Waals surface area (Å²) in [5.74, 6) is 0.0985. The number of carbonyl (C=O) groups excluding carboxylic acids is 1. The van der Waals surface area contributed by atoms with E-state index in [1.165, 1.54) is 12.3 Å². The van der Waals surface area contributed by atoms with Crippen molar-refractivity contribution in [2.45, 2.75) is 26.2 Å². The van der Waals surface area contributed by atoms with Gasteiger partial charge in [-0.15, -0.1) is 0 Å². The topological polar surface area (TPSA) is 71.3 Å². The molecule has 0 saturated heterocycles. The third kappa shape index (κ3) is 2.99. The molecule has 130 valence electrons. The molecule has 1 aromatic heterocycles. The summed E-state index contributed by atoms with van der Waals surface area (Å²) in [6.45, 7) is 2.68. The molecule has 8 heteroatoms. The van der Waals surface area contributed by atoms with Gasteiger partial charge in [-0.1, -0.05) is 13.0 Å². The van der Waals surface area contributed by atoms with Crippen molar-refractivity contribution in [3.8, 4) is 0 Å². The number of anilines is 1. The number of nitrogens with one attached hydrogen (secondary N) is 2. The number of hydrogen-bond acceptors (Lipinski definition) is 4. The first-order valence-electron chi connectivity index (χ1n) is 8.13. The third-order valence-electron chi connectivity index (χ3n) is 4.25. The van der Waals surface area contributed by atoms with E-state index in [0.29, 0.717) is 17.9 Å². The van der Waals surface area contributed by atoms with Crippen LogP contribution in [0.1, 0.15) is 30.1 Å². The highest BCUT2D eigenvalue weighted by Crippen LogP contribution is 2.38. The first-order chi connectivity index (χ1) is 12.0. The minimum atomic E-state index is -2.68. The van der Waals surface area contributed by atoms with Crippen molar-refractivity contribution in [3.63, 3.8) is 0 Å². The van der Waals surface area contributed by atoms with Gasteiger partial charge in [0, 0.05) is 18.5 Å². The van der Waals surface area contributed by atoms with Crippen molar-refractivity contribution in [2.24, 2.45) is 10.9 Å². The van der Waals surface area contributed by atoms with E-state index in [2.05, 4.69) is 20.7 Å². The molecule has 2 aliphatic heterocycles. The quantitative estimate of drug-likeness (QED) is 0.885. The maximum absolute atomic E-state index is 13.4. The molecule has 6 nitrogen and oxygen atoms in total. The largest absolute Gasteiger partial charge is 0.339 e. The van der Waals surface area contributed by atoms with Crippen molar-refractivity contribution >= 4 is 23.6 Å². The molecule has 25 heavy (non-hydrogen) atoms. The molecule has 0 spiro atoms. The average Bonchev–Trinajstić information content (AvgIpc) is 3.33. The smallest absolute Gasteiger partial charge is 0.280 e. The number of hydrogen-bond donors (Lipinski definition) is 2. The molecule has 1 atom stereocenters. The number of aromatic nitrogens is 2. The molecule has 3 aliphatic rings. The summed E-state index contributed by atoms with van der Waals surface area (Å²) in [6.07, 6.45) is 5.31. The van der Waals surface area contributed by atoms with Crippen LogP contribution in [0.3, 0.4) is 0 Å². The standard InChI is InChI=1S/C17H17F2N5O/c1-9-4-11(7-20-6-9)22-17(25)12-8-21-24-14(15(18)19)5-13(10-2-3-10)23-16(12)24/h4-5,7-9,15,23H,2-3,6H2,1H3,(H,22,25). The van der Waals surface area contributed by atoms with Crippen molar-refractivity contribution < 1.29 is 13.6 Å². The Balaban J connectivity index is 1.65. The van der Waals surface area contributed by atoms with Gasteiger partial charge in [0.1, 0.15) is 17.1 Å². The molecule has 2 N–H and O–H groups in total. The summed E-state index contributed by atoms with van der Waals surface area (Å²) in [7, 11) is 0. The lowest BCUT2D eigenvalue weighted by atomic mass is 10.1. The van der Waals surface area contributed by atoms with Gasteiger partial charge in [0.25, 0.3) is 12.3 Å². The maximum atomic E-state index is 13.4. The number of nitrogens with zero attached hydrogens (tertiary/aromatic N) is 3. The minimum absolute atomic E-state index is 0.220. The summed E-state index contributed by atoms with van der Waals surface area (Å²) >= 11 is 0. The van der Waals surface area contributed by atoms with E-state index < -0.39 is 12.3 Å². The molecule has 0 radical (unpaired) electrons. The Morgan fingerprint density at radius 1 is 1.44 bits per heavy atom. The van der Waals surface area contributed by atoms with Gasteiger partial charge < -0.3 is 10.6 Å². The number of allylic oxidation sites excluding steroid dienone is 4. The normalized spacial score (nSPS) is 21.5. The van der Waals surface area contributed by atoms with E-state index >= 15 is 0 Å². The Labute approximate surface area is 143 Å². The van der Waals surface area contributed by atoms with E-state index in [1.807, 2.05) is 13.0 Å². The lowest BCUT2D eigenvalue weighted by Gasteiger charge is -2.20. The van der Waals surface area contributed by atoms with Crippen molar-refractivity contribution in [2.75, 3.05) is 11.9 Å². The number of carbonyl (C=O) groups is 1. The van der Waals surface area contributed by atoms with Gasteiger partial charge in [-0.2, -0.15) is 5.10 Å². The molecular weight excluding hydrogens is 328 g/mol. The van der Waals surface area contributed by atoms with Gasteiger partial charge in [0.2, 0.25) is 0 Å². The Kier molecular flexibility index (Phi) is 3.74. The number of aliphatic imine (C=N–C) groups is 1. The highest BCUT2D eigenvalue weighted by Gasteiger charge is 2.30. The first-order valence-corrected chi connectivity index (χ1v) is 8.13. The number of amides is 1. The van der Waals surface area contributed by atoms with E-state index in [4.69, 9.17) is 0 Å². The molecule has 3 heterocycles. The number of rotatable bonds is 3. The van der Waals surface area contributed by atoms with Gasteiger partial charge in [0.05, 0.1) is 11.9 Å². The third-order valence-corrected chi connectivity index (χ3v) is 4.25. The highest BCUT2D eigenvalue weighted by atomic mass is 19.3. The minimum Gasteiger partial charge on any atom is -0.339 e. The van der Waals surface area contributed by atoms with Crippen LogP contribution in [0.4, 0.5) is 14.6 Å². The lowest BCUT2D eigenvalue weighted by molar-refractivity contribution is 0.0968. The van der Waals surface area contributed by atoms with Crippen LogP contribution in [-0.2, 0) is 0 Å². The van der Waals surface area contributed by atoms with Gasteiger partial charge in [0.15, 0.2) is 0 Å². The Bertz CT molecular complexity index is 856. The second kappa shape index (κ2) is 5.94. The Morgan fingerprint density at radius 3 is 2.92 bits per heavy atom. The molecule has 1 fully saturated rings. The highest BCUT2D eigenvalue weighted by molar-refractivity contribution is 6.03.